The van der Waals surface area contributed by atoms with Crippen LogP contribution in [0.3, 0.4) is 0 Å². The van der Waals surface area contributed by atoms with Crippen LogP contribution in [0.4, 0.5) is 0 Å². The van der Waals surface area contributed by atoms with Crippen molar-refractivity contribution in [2.24, 2.45) is 0 Å². The summed E-state index contributed by atoms with van der Waals surface area (Å²) in [5.74, 6) is 1.89. The van der Waals surface area contributed by atoms with E-state index in [4.69, 9.17) is 9.72 Å². The molecule has 3 nitrogen and oxygen atoms in total. The van der Waals surface area contributed by atoms with Gasteiger partial charge in [0, 0.05) is 6.54 Å². The Balaban J connectivity index is 1.77. The van der Waals surface area contributed by atoms with Gasteiger partial charge in [0.15, 0.2) is 0 Å². The zero-order chi connectivity index (χ0) is 15.9. The molecule has 0 aliphatic rings. The number of aromatic nitrogens is 2. The van der Waals surface area contributed by atoms with Crippen molar-refractivity contribution in [1.82, 2.24) is 9.55 Å². The fourth-order valence-electron chi connectivity index (χ4n) is 2.85. The maximum Gasteiger partial charge on any atom is 0.147 e. The van der Waals surface area contributed by atoms with Gasteiger partial charge in [-0.15, -0.1) is 0 Å². The van der Waals surface area contributed by atoms with Crippen molar-refractivity contribution >= 4 is 11.0 Å². The first-order valence-corrected chi connectivity index (χ1v) is 8.50. The Morgan fingerprint density at radius 2 is 1.70 bits per heavy atom. The average molecular weight is 308 g/mol. The third kappa shape index (κ3) is 3.92. The van der Waals surface area contributed by atoms with E-state index in [1.165, 1.54) is 31.2 Å². The largest absolute Gasteiger partial charge is 0.486 e. The minimum Gasteiger partial charge on any atom is -0.486 e. The number of rotatable bonds is 8. The Kier molecular flexibility index (Phi) is 5.30. The van der Waals surface area contributed by atoms with Crippen molar-refractivity contribution < 1.29 is 4.74 Å². The van der Waals surface area contributed by atoms with Gasteiger partial charge < -0.3 is 9.30 Å². The summed E-state index contributed by atoms with van der Waals surface area (Å²) < 4.78 is 8.22. The summed E-state index contributed by atoms with van der Waals surface area (Å²) in [7, 11) is 0. The lowest BCUT2D eigenvalue weighted by Gasteiger charge is -2.10. The molecule has 0 atom stereocenters. The summed E-state index contributed by atoms with van der Waals surface area (Å²) in [5.41, 5.74) is 2.25. The van der Waals surface area contributed by atoms with E-state index in [1.54, 1.807) is 0 Å². The summed E-state index contributed by atoms with van der Waals surface area (Å²) in [4.78, 5) is 4.76. The summed E-state index contributed by atoms with van der Waals surface area (Å²) in [6, 6.07) is 18.3. The molecule has 1 heterocycles. The highest BCUT2D eigenvalue weighted by Crippen LogP contribution is 2.19. The minimum atomic E-state index is 0.506. The second kappa shape index (κ2) is 7.82. The number of imidazole rings is 1. The number of hydrogen-bond acceptors (Lipinski definition) is 2. The molecule has 0 radical (unpaired) electrons. The third-order valence-electron chi connectivity index (χ3n) is 4.08. The fraction of sp³-hybridized carbons (Fsp3) is 0.350. The molecule has 0 amide bonds. The maximum absolute atomic E-state index is 5.91. The number of fused-ring (bicyclic) bond motifs is 1. The number of nitrogens with zero attached hydrogens (tertiary/aromatic N) is 2. The molecular weight excluding hydrogens is 284 g/mol. The number of para-hydroxylation sites is 3. The number of aryl methyl sites for hydroxylation is 1. The zero-order valence-corrected chi connectivity index (χ0v) is 13.7. The Bertz CT molecular complexity index is 734. The second-order valence-electron chi connectivity index (χ2n) is 5.83. The number of ether oxygens (including phenoxy) is 1. The van der Waals surface area contributed by atoms with E-state index < -0.39 is 0 Å². The zero-order valence-electron chi connectivity index (χ0n) is 13.7. The topological polar surface area (TPSA) is 27.1 Å². The lowest BCUT2D eigenvalue weighted by molar-refractivity contribution is 0.289. The molecule has 2 aromatic carbocycles. The van der Waals surface area contributed by atoms with Crippen molar-refractivity contribution in [2.45, 2.75) is 45.8 Å². The maximum atomic E-state index is 5.91. The van der Waals surface area contributed by atoms with Gasteiger partial charge in [0.2, 0.25) is 0 Å². The first-order chi connectivity index (χ1) is 11.4. The quantitative estimate of drug-likeness (QED) is 0.535. The summed E-state index contributed by atoms with van der Waals surface area (Å²) in [5, 5.41) is 0. The van der Waals surface area contributed by atoms with Crippen LogP contribution in [0, 0.1) is 0 Å². The Labute approximate surface area is 137 Å². The van der Waals surface area contributed by atoms with Gasteiger partial charge in [-0.3, -0.25) is 0 Å². The van der Waals surface area contributed by atoms with Crippen LogP contribution in [0.15, 0.2) is 54.6 Å². The van der Waals surface area contributed by atoms with E-state index >= 15 is 0 Å². The highest BCUT2D eigenvalue weighted by Gasteiger charge is 2.10. The van der Waals surface area contributed by atoms with Gasteiger partial charge in [-0.05, 0) is 30.7 Å². The molecular formula is C20H24N2O. The summed E-state index contributed by atoms with van der Waals surface area (Å²) in [6.45, 7) is 3.76. The lowest BCUT2D eigenvalue weighted by Crippen LogP contribution is -2.07. The van der Waals surface area contributed by atoms with E-state index in [1.807, 2.05) is 36.4 Å². The Morgan fingerprint density at radius 3 is 2.52 bits per heavy atom. The molecule has 0 fully saturated rings. The van der Waals surface area contributed by atoms with Crippen molar-refractivity contribution in [3.8, 4) is 5.75 Å². The molecule has 3 aromatic rings. The van der Waals surface area contributed by atoms with Gasteiger partial charge in [0.05, 0.1) is 11.0 Å². The van der Waals surface area contributed by atoms with Gasteiger partial charge in [-0.25, -0.2) is 4.98 Å². The molecule has 1 aromatic heterocycles. The number of benzene rings is 2. The van der Waals surface area contributed by atoms with Crippen LogP contribution in [0.5, 0.6) is 5.75 Å². The van der Waals surface area contributed by atoms with E-state index in [0.29, 0.717) is 6.61 Å². The fourth-order valence-corrected chi connectivity index (χ4v) is 2.85. The molecule has 0 aliphatic heterocycles. The molecule has 3 heteroatoms. The van der Waals surface area contributed by atoms with Crippen molar-refractivity contribution in [3.05, 3.63) is 60.4 Å². The number of unbranched alkanes of at least 4 members (excludes halogenated alkanes) is 3. The smallest absolute Gasteiger partial charge is 0.147 e. The van der Waals surface area contributed by atoms with Crippen LogP contribution in [0.1, 0.15) is 38.4 Å². The SMILES string of the molecule is CCCCCCn1c(COc2ccccc2)nc2ccccc21. The van der Waals surface area contributed by atoms with E-state index in [-0.39, 0.29) is 0 Å². The minimum absolute atomic E-state index is 0.506. The first kappa shape index (κ1) is 15.6. The Morgan fingerprint density at radius 1 is 0.913 bits per heavy atom. The van der Waals surface area contributed by atoms with Crippen molar-refractivity contribution in [2.75, 3.05) is 0 Å². The molecule has 0 aliphatic carbocycles. The third-order valence-corrected chi connectivity index (χ3v) is 4.08. The average Bonchev–Trinajstić information content (AvgIpc) is 2.95. The van der Waals surface area contributed by atoms with Crippen molar-refractivity contribution in [1.29, 1.82) is 0 Å². The number of hydrogen-bond donors (Lipinski definition) is 0. The molecule has 3 rings (SSSR count). The van der Waals surface area contributed by atoms with Crippen LogP contribution < -0.4 is 4.74 Å². The highest BCUT2D eigenvalue weighted by molar-refractivity contribution is 5.75. The molecule has 120 valence electrons. The van der Waals surface area contributed by atoms with E-state index in [0.717, 1.165) is 23.6 Å². The molecule has 23 heavy (non-hydrogen) atoms. The van der Waals surface area contributed by atoms with Crippen LogP contribution in [-0.4, -0.2) is 9.55 Å². The predicted octanol–water partition coefficient (Wildman–Crippen LogP) is 5.20. The molecule has 0 bridgehead atoms. The second-order valence-corrected chi connectivity index (χ2v) is 5.83. The highest BCUT2D eigenvalue weighted by atomic mass is 16.5. The Hall–Kier alpha value is -2.29. The first-order valence-electron chi connectivity index (χ1n) is 8.50. The monoisotopic (exact) mass is 308 g/mol. The molecule has 0 saturated carbocycles. The molecule has 0 saturated heterocycles. The summed E-state index contributed by atoms with van der Waals surface area (Å²) >= 11 is 0. The molecule has 0 unspecified atom stereocenters. The van der Waals surface area contributed by atoms with Gasteiger partial charge in [-0.1, -0.05) is 56.5 Å². The van der Waals surface area contributed by atoms with Crippen LogP contribution in [-0.2, 0) is 13.2 Å². The predicted molar refractivity (Wildman–Crippen MR) is 94.6 cm³/mol. The standard InChI is InChI=1S/C20H24N2O/c1-2-3-4-10-15-22-19-14-9-8-13-18(19)21-20(22)16-23-17-11-6-5-7-12-17/h5-9,11-14H,2-4,10,15-16H2,1H3. The van der Waals surface area contributed by atoms with Crippen LogP contribution in [0.2, 0.25) is 0 Å². The van der Waals surface area contributed by atoms with Gasteiger partial charge in [-0.2, -0.15) is 0 Å². The molecule has 0 N–H and O–H groups in total. The van der Waals surface area contributed by atoms with Gasteiger partial charge in [0.25, 0.3) is 0 Å². The van der Waals surface area contributed by atoms with Crippen molar-refractivity contribution in [3.63, 3.8) is 0 Å². The van der Waals surface area contributed by atoms with E-state index in [9.17, 15) is 0 Å². The van der Waals surface area contributed by atoms with Gasteiger partial charge >= 0.3 is 0 Å². The van der Waals surface area contributed by atoms with E-state index in [2.05, 4.69) is 29.7 Å². The lowest BCUT2D eigenvalue weighted by atomic mass is 10.2. The molecule has 0 spiro atoms. The van der Waals surface area contributed by atoms with Gasteiger partial charge in [0.1, 0.15) is 18.2 Å². The van der Waals surface area contributed by atoms with Crippen LogP contribution >= 0.6 is 0 Å². The summed E-state index contributed by atoms with van der Waals surface area (Å²) in [6.07, 6.45) is 5.01. The van der Waals surface area contributed by atoms with Crippen LogP contribution in [0.25, 0.3) is 11.0 Å². The normalized spacial score (nSPS) is 11.0.